The summed E-state index contributed by atoms with van der Waals surface area (Å²) in [7, 11) is 0. The molecule has 1 amide bonds. The predicted molar refractivity (Wildman–Crippen MR) is 25.3 cm³/mol. The van der Waals surface area contributed by atoms with Crippen molar-refractivity contribution in [2.45, 2.75) is 0 Å². The molecule has 0 spiro atoms. The molecule has 0 heterocycles. The van der Waals surface area contributed by atoms with Gasteiger partial charge in [0.15, 0.2) is 0 Å². The number of hydrogen-bond acceptors (Lipinski definition) is 3. The van der Waals surface area contributed by atoms with E-state index in [4.69, 9.17) is 9.90 Å². The fraction of sp³-hybridized carbons (Fsp3) is 0. The van der Waals surface area contributed by atoms with Crippen LogP contribution in [-0.4, -0.2) is 11.9 Å². The van der Waals surface area contributed by atoms with E-state index in [2.05, 4.69) is 5.73 Å². The summed E-state index contributed by atoms with van der Waals surface area (Å²) in [5.74, 6) is -3.29. The number of aliphatic carboxylic acids is 1. The molecule has 0 rings (SSSR count). The molecule has 6 heteroatoms. The minimum Gasteiger partial charge on any atom is -0.540 e. The molecule has 0 aromatic carbocycles. The first kappa shape index (κ1) is 15.8. The van der Waals surface area contributed by atoms with Crippen LogP contribution in [0, 0.1) is 0 Å². The van der Waals surface area contributed by atoms with Crippen molar-refractivity contribution in [1.29, 1.82) is 0 Å². The molecular weight excluding hydrogens is 140 g/mol. The zero-order chi connectivity index (χ0) is 5.15. The van der Waals surface area contributed by atoms with Gasteiger partial charge in [-0.1, -0.05) is 0 Å². The van der Waals surface area contributed by atoms with Crippen LogP contribution >= 0.6 is 9.90 Å². The van der Waals surface area contributed by atoms with E-state index in [0.717, 1.165) is 0 Å². The van der Waals surface area contributed by atoms with Gasteiger partial charge >= 0.3 is 29.6 Å². The third-order valence-electron chi connectivity index (χ3n) is 0.201. The number of primary amides is 1. The molecule has 42 valence electrons. The largest absolute Gasteiger partial charge is 1.00 e. The Balaban J connectivity index is -0.000000125. The smallest absolute Gasteiger partial charge is 0.540 e. The van der Waals surface area contributed by atoms with Gasteiger partial charge in [-0.15, -0.1) is 0 Å². The monoisotopic (exact) mass is 145 g/mol. The van der Waals surface area contributed by atoms with Crippen molar-refractivity contribution in [1.82, 2.24) is 0 Å². The Morgan fingerprint density at radius 3 is 1.50 bits per heavy atom. The Morgan fingerprint density at radius 1 is 1.38 bits per heavy atom. The van der Waals surface area contributed by atoms with Gasteiger partial charge in [0.1, 0.15) is 5.97 Å². The Kier molecular flexibility index (Phi) is 14.5. The molecule has 0 aliphatic carbocycles. The first-order chi connectivity index (χ1) is 2.64. The van der Waals surface area contributed by atoms with Crippen LogP contribution in [0.1, 0.15) is 0 Å². The minimum absolute atomic E-state index is 0. The van der Waals surface area contributed by atoms with Gasteiger partial charge < -0.3 is 15.6 Å². The molecule has 0 aliphatic rings. The molecule has 0 saturated carbocycles. The van der Waals surface area contributed by atoms with Crippen LogP contribution in [0.25, 0.3) is 0 Å². The van der Waals surface area contributed by atoms with Gasteiger partial charge in [-0.25, -0.2) is 0 Å². The van der Waals surface area contributed by atoms with Crippen molar-refractivity contribution in [2.75, 3.05) is 0 Å². The summed E-state index contributed by atoms with van der Waals surface area (Å²) in [6.07, 6.45) is 0. The topological polar surface area (TPSA) is 83.2 Å². The Labute approximate surface area is 71.7 Å². The Hall–Kier alpha value is 0.370. The normalized spacial score (nSPS) is 5.50. The minimum atomic E-state index is -1.85. The molecule has 0 bridgehead atoms. The maximum Gasteiger partial charge on any atom is 1.00 e. The molecule has 1 unspecified atom stereocenters. The fourth-order valence-corrected chi connectivity index (χ4v) is 0. The number of rotatable bonds is 0. The van der Waals surface area contributed by atoms with Gasteiger partial charge in [-0.2, -0.15) is 9.90 Å². The maximum atomic E-state index is 9.26. The summed E-state index contributed by atoms with van der Waals surface area (Å²) in [6, 6.07) is 0. The predicted octanol–water partition coefficient (Wildman–Crippen LogP) is -5.72. The molecule has 0 radical (unpaired) electrons. The number of amides is 1. The standard InChI is InChI=1S/C2H3NO3.Na.H3P/c3-1(4)2(5)6;;/h(H2,3,4)(H,5,6);;1H3/q;+1;/p-1. The molecule has 8 heavy (non-hydrogen) atoms. The number of carboxylic acid groups (broad SMARTS) is 1. The quantitative estimate of drug-likeness (QED) is 0.209. The molecule has 0 aromatic rings. The molecule has 0 aromatic heterocycles. The van der Waals surface area contributed by atoms with E-state index in [1.165, 1.54) is 0 Å². The molecule has 0 aliphatic heterocycles. The number of carbonyl (C=O) groups is 2. The summed E-state index contributed by atoms with van der Waals surface area (Å²) >= 11 is 0. The van der Waals surface area contributed by atoms with Crippen molar-refractivity contribution in [3.05, 3.63) is 0 Å². The van der Waals surface area contributed by atoms with Gasteiger partial charge in [0, 0.05) is 0 Å². The molecule has 0 fully saturated rings. The van der Waals surface area contributed by atoms with Gasteiger partial charge in [-0.3, -0.25) is 4.79 Å². The van der Waals surface area contributed by atoms with Crippen molar-refractivity contribution >= 4 is 21.8 Å². The summed E-state index contributed by atoms with van der Waals surface area (Å²) < 4.78 is 0. The van der Waals surface area contributed by atoms with Gasteiger partial charge in [-0.05, 0) is 0 Å². The fourth-order valence-electron chi connectivity index (χ4n) is 0. The maximum absolute atomic E-state index is 9.26. The van der Waals surface area contributed by atoms with Crippen LogP contribution in [0.5, 0.6) is 0 Å². The molecule has 2 N–H and O–H groups in total. The van der Waals surface area contributed by atoms with Crippen LogP contribution in [0.4, 0.5) is 0 Å². The van der Waals surface area contributed by atoms with Crippen LogP contribution in [0.15, 0.2) is 0 Å². The SMILES string of the molecule is NC(=O)C(=O)[O-].P.[Na+]. The van der Waals surface area contributed by atoms with E-state index in [-0.39, 0.29) is 39.5 Å². The molecule has 1 atom stereocenters. The average Bonchev–Trinajstić information content (AvgIpc) is 1.36. The number of carbonyl (C=O) groups excluding carboxylic acids is 2. The number of hydrogen-bond donors (Lipinski definition) is 1. The van der Waals surface area contributed by atoms with Crippen molar-refractivity contribution in [3.63, 3.8) is 0 Å². The van der Waals surface area contributed by atoms with Crippen LogP contribution in [-0.2, 0) is 9.59 Å². The summed E-state index contributed by atoms with van der Waals surface area (Å²) in [4.78, 5) is 18.4. The van der Waals surface area contributed by atoms with Crippen molar-refractivity contribution in [2.24, 2.45) is 5.73 Å². The van der Waals surface area contributed by atoms with E-state index in [1.807, 2.05) is 0 Å². The van der Waals surface area contributed by atoms with E-state index in [1.54, 1.807) is 0 Å². The summed E-state index contributed by atoms with van der Waals surface area (Å²) in [6.45, 7) is 0. The summed E-state index contributed by atoms with van der Waals surface area (Å²) in [5.41, 5.74) is 4.13. The number of carboxylic acids is 1. The van der Waals surface area contributed by atoms with Crippen LogP contribution < -0.4 is 40.4 Å². The third kappa shape index (κ3) is 9.62. The Morgan fingerprint density at radius 2 is 1.50 bits per heavy atom. The van der Waals surface area contributed by atoms with E-state index < -0.39 is 11.9 Å². The second-order valence-electron chi connectivity index (χ2n) is 0.652. The van der Waals surface area contributed by atoms with Crippen molar-refractivity contribution < 1.29 is 44.3 Å². The second kappa shape index (κ2) is 7.37. The van der Waals surface area contributed by atoms with Gasteiger partial charge in [0.2, 0.25) is 0 Å². The zero-order valence-electron chi connectivity index (χ0n) is 4.51. The molecule has 4 nitrogen and oxygen atoms in total. The third-order valence-corrected chi connectivity index (χ3v) is 0.201. The van der Waals surface area contributed by atoms with Gasteiger partial charge in [0.05, 0.1) is 0 Å². The Bertz CT molecular complexity index is 83.3. The zero-order valence-corrected chi connectivity index (χ0v) is 7.92. The van der Waals surface area contributed by atoms with Gasteiger partial charge in [0.25, 0.3) is 5.91 Å². The molecule has 0 saturated heterocycles. The van der Waals surface area contributed by atoms with Crippen LogP contribution in [0.3, 0.4) is 0 Å². The van der Waals surface area contributed by atoms with E-state index >= 15 is 0 Å². The van der Waals surface area contributed by atoms with E-state index in [9.17, 15) is 4.79 Å². The number of nitrogens with two attached hydrogens (primary N) is 1. The van der Waals surface area contributed by atoms with Crippen LogP contribution in [0.2, 0.25) is 0 Å². The van der Waals surface area contributed by atoms with E-state index in [0.29, 0.717) is 0 Å². The summed E-state index contributed by atoms with van der Waals surface area (Å²) in [5, 5.41) is 9.11. The molecular formula is C2H5NNaO3P. The first-order valence-corrected chi connectivity index (χ1v) is 1.15. The first-order valence-electron chi connectivity index (χ1n) is 1.15. The van der Waals surface area contributed by atoms with Crippen molar-refractivity contribution in [3.8, 4) is 0 Å². The second-order valence-corrected chi connectivity index (χ2v) is 0.652. The average molecular weight is 145 g/mol.